The van der Waals surface area contributed by atoms with Crippen LogP contribution < -0.4 is 15.4 Å². The fourth-order valence-electron chi connectivity index (χ4n) is 2.97. The van der Waals surface area contributed by atoms with E-state index < -0.39 is 0 Å². The molecule has 0 saturated carbocycles. The second-order valence-electron chi connectivity index (χ2n) is 6.59. The minimum Gasteiger partial charge on any atom is -0.497 e. The fraction of sp³-hybridized carbons (Fsp3) is 0.476. The molecule has 3 rings (SSSR count). The Hall–Kier alpha value is -1.36. The average Bonchev–Trinajstić information content (AvgIpc) is 3.42. The molecular formula is C21H30IN3O3S. The topological polar surface area (TPSA) is 64.1 Å². The van der Waals surface area contributed by atoms with E-state index in [9.17, 15) is 0 Å². The molecule has 1 aliphatic heterocycles. The summed E-state index contributed by atoms with van der Waals surface area (Å²) in [4.78, 5) is 5.55. The van der Waals surface area contributed by atoms with Gasteiger partial charge in [0.25, 0.3) is 0 Å². The number of guanidine groups is 1. The molecule has 2 aromatic rings. The van der Waals surface area contributed by atoms with Gasteiger partial charge in [-0.25, -0.2) is 0 Å². The lowest BCUT2D eigenvalue weighted by Crippen LogP contribution is -2.37. The molecule has 1 aromatic carbocycles. The molecule has 1 aromatic heterocycles. The summed E-state index contributed by atoms with van der Waals surface area (Å²) in [6.45, 7) is 3.87. The van der Waals surface area contributed by atoms with E-state index in [-0.39, 0.29) is 30.1 Å². The Bertz CT molecular complexity index is 746. The van der Waals surface area contributed by atoms with E-state index >= 15 is 0 Å². The van der Waals surface area contributed by atoms with Gasteiger partial charge >= 0.3 is 0 Å². The highest BCUT2D eigenvalue weighted by Gasteiger charge is 2.15. The van der Waals surface area contributed by atoms with E-state index in [0.717, 1.165) is 57.5 Å². The number of thiophene rings is 1. The molecule has 1 unspecified atom stereocenters. The lowest BCUT2D eigenvalue weighted by molar-refractivity contribution is 0.0420. The number of halogens is 1. The van der Waals surface area contributed by atoms with Crippen LogP contribution in [0, 0.1) is 0 Å². The van der Waals surface area contributed by atoms with Crippen molar-refractivity contribution in [3.05, 3.63) is 40.6 Å². The lowest BCUT2D eigenvalue weighted by Gasteiger charge is -2.12. The van der Waals surface area contributed by atoms with Crippen LogP contribution >= 0.6 is 35.3 Å². The maximum atomic E-state index is 5.78. The fourth-order valence-corrected chi connectivity index (χ4v) is 3.81. The zero-order valence-corrected chi connectivity index (χ0v) is 20.1. The number of rotatable bonds is 9. The Morgan fingerprint density at radius 3 is 2.76 bits per heavy atom. The van der Waals surface area contributed by atoms with Gasteiger partial charge in [0.2, 0.25) is 0 Å². The number of aliphatic imine (C=N–C) groups is 1. The summed E-state index contributed by atoms with van der Waals surface area (Å²) in [6.07, 6.45) is 2.23. The maximum absolute atomic E-state index is 5.78. The molecule has 29 heavy (non-hydrogen) atoms. The first-order valence-electron chi connectivity index (χ1n) is 9.64. The average molecular weight is 531 g/mol. The molecule has 0 radical (unpaired) electrons. The third-order valence-electron chi connectivity index (χ3n) is 4.59. The third kappa shape index (κ3) is 7.76. The molecule has 1 aliphatic rings. The van der Waals surface area contributed by atoms with Gasteiger partial charge in [0, 0.05) is 31.7 Å². The Morgan fingerprint density at radius 2 is 2.07 bits per heavy atom. The van der Waals surface area contributed by atoms with E-state index in [1.165, 1.54) is 16.0 Å². The van der Waals surface area contributed by atoms with Crippen LogP contribution in [0.1, 0.15) is 17.7 Å². The monoisotopic (exact) mass is 531 g/mol. The molecular weight excluding hydrogens is 501 g/mol. The van der Waals surface area contributed by atoms with Gasteiger partial charge in [-0.2, -0.15) is 0 Å². The zero-order valence-electron chi connectivity index (χ0n) is 17.0. The minimum absolute atomic E-state index is 0. The molecule has 8 heteroatoms. The zero-order chi connectivity index (χ0) is 19.6. The van der Waals surface area contributed by atoms with Gasteiger partial charge in [-0.15, -0.1) is 35.3 Å². The number of nitrogens with one attached hydrogen (secondary N) is 2. The Balaban J connectivity index is 0.00000300. The van der Waals surface area contributed by atoms with E-state index in [1.54, 1.807) is 25.5 Å². The highest BCUT2D eigenvalue weighted by atomic mass is 127. The number of nitrogens with zero attached hydrogens (tertiary/aromatic N) is 1. The van der Waals surface area contributed by atoms with Crippen LogP contribution in [0.3, 0.4) is 0 Å². The van der Waals surface area contributed by atoms with E-state index in [2.05, 4.69) is 39.2 Å². The summed E-state index contributed by atoms with van der Waals surface area (Å²) in [5.41, 5.74) is 2.42. The Labute approximate surface area is 194 Å². The van der Waals surface area contributed by atoms with Gasteiger partial charge in [0.15, 0.2) is 5.96 Å². The molecule has 0 amide bonds. The number of methoxy groups -OCH3 is 1. The largest absolute Gasteiger partial charge is 0.497 e. The minimum atomic E-state index is 0. The number of hydrogen-bond donors (Lipinski definition) is 2. The number of hydrogen-bond acceptors (Lipinski definition) is 5. The second-order valence-corrected chi connectivity index (χ2v) is 7.59. The molecule has 6 nitrogen and oxygen atoms in total. The van der Waals surface area contributed by atoms with Crippen molar-refractivity contribution in [2.75, 3.05) is 40.5 Å². The molecule has 0 spiro atoms. The summed E-state index contributed by atoms with van der Waals surface area (Å²) in [6, 6.07) is 10.3. The predicted octanol–water partition coefficient (Wildman–Crippen LogP) is 3.90. The van der Waals surface area contributed by atoms with Gasteiger partial charge in [0.05, 0.1) is 26.4 Å². The molecule has 2 heterocycles. The van der Waals surface area contributed by atoms with Gasteiger partial charge in [-0.3, -0.25) is 4.99 Å². The van der Waals surface area contributed by atoms with Gasteiger partial charge in [-0.1, -0.05) is 12.1 Å². The van der Waals surface area contributed by atoms with Crippen molar-refractivity contribution in [1.29, 1.82) is 0 Å². The molecule has 2 N–H and O–H groups in total. The van der Waals surface area contributed by atoms with E-state index in [1.807, 2.05) is 12.1 Å². The van der Waals surface area contributed by atoms with Gasteiger partial charge in [-0.05, 0) is 47.5 Å². The van der Waals surface area contributed by atoms with Crippen molar-refractivity contribution in [3.63, 3.8) is 0 Å². The normalized spacial score (nSPS) is 16.3. The standard InChI is InChI=1S/C21H29N3O3S.HI/c1-22-21(23-9-3-10-27-19-8-11-26-14-19)24-13-20-12-17(15-28-20)16-4-6-18(25-2)7-5-16;/h4-7,12,15,19H,3,8-11,13-14H2,1-2H3,(H2,22,23,24);1H. The van der Waals surface area contributed by atoms with Crippen molar-refractivity contribution in [2.24, 2.45) is 4.99 Å². The van der Waals surface area contributed by atoms with Crippen molar-refractivity contribution in [2.45, 2.75) is 25.5 Å². The Kier molecular flexibility index (Phi) is 10.8. The number of ether oxygens (including phenoxy) is 3. The third-order valence-corrected chi connectivity index (χ3v) is 5.52. The van der Waals surface area contributed by atoms with Crippen molar-refractivity contribution in [3.8, 4) is 16.9 Å². The van der Waals surface area contributed by atoms with Crippen molar-refractivity contribution >= 4 is 41.3 Å². The number of benzene rings is 1. The second kappa shape index (κ2) is 13.0. The molecule has 1 saturated heterocycles. The van der Waals surface area contributed by atoms with Crippen LogP contribution in [-0.2, 0) is 16.0 Å². The Morgan fingerprint density at radius 1 is 1.24 bits per heavy atom. The van der Waals surface area contributed by atoms with Crippen molar-refractivity contribution in [1.82, 2.24) is 10.6 Å². The van der Waals surface area contributed by atoms with Gasteiger partial charge < -0.3 is 24.8 Å². The SMILES string of the molecule is CN=C(NCCCOC1CCOC1)NCc1cc(-c2ccc(OC)cc2)cs1.I. The van der Waals surface area contributed by atoms with Crippen LogP contribution in [0.25, 0.3) is 11.1 Å². The highest BCUT2D eigenvalue weighted by Crippen LogP contribution is 2.27. The maximum Gasteiger partial charge on any atom is 0.191 e. The summed E-state index contributed by atoms with van der Waals surface area (Å²) in [7, 11) is 3.47. The molecule has 0 bridgehead atoms. The van der Waals surface area contributed by atoms with Gasteiger partial charge in [0.1, 0.15) is 5.75 Å². The van der Waals surface area contributed by atoms with E-state index in [0.29, 0.717) is 0 Å². The van der Waals surface area contributed by atoms with Crippen LogP contribution in [0.5, 0.6) is 5.75 Å². The van der Waals surface area contributed by atoms with E-state index in [4.69, 9.17) is 14.2 Å². The summed E-state index contributed by atoms with van der Waals surface area (Å²) in [5, 5.41) is 8.88. The molecule has 1 atom stereocenters. The molecule has 160 valence electrons. The van der Waals surface area contributed by atoms with Crippen LogP contribution in [0.2, 0.25) is 0 Å². The first-order chi connectivity index (χ1) is 13.8. The van der Waals surface area contributed by atoms with Crippen molar-refractivity contribution < 1.29 is 14.2 Å². The first kappa shape index (κ1) is 23.9. The summed E-state index contributed by atoms with van der Waals surface area (Å²) >= 11 is 1.74. The van der Waals surface area contributed by atoms with Crippen LogP contribution in [0.15, 0.2) is 40.7 Å². The smallest absolute Gasteiger partial charge is 0.191 e. The highest BCUT2D eigenvalue weighted by molar-refractivity contribution is 14.0. The predicted molar refractivity (Wildman–Crippen MR) is 130 cm³/mol. The quantitative estimate of drug-likeness (QED) is 0.223. The first-order valence-corrected chi connectivity index (χ1v) is 10.5. The lowest BCUT2D eigenvalue weighted by atomic mass is 10.1. The van der Waals surface area contributed by atoms with Crippen LogP contribution in [0.4, 0.5) is 0 Å². The molecule has 0 aliphatic carbocycles. The summed E-state index contributed by atoms with van der Waals surface area (Å²) in [5.74, 6) is 1.68. The molecule has 1 fully saturated rings. The van der Waals surface area contributed by atoms with Crippen LogP contribution in [-0.4, -0.2) is 52.6 Å². The summed E-state index contributed by atoms with van der Waals surface area (Å²) < 4.78 is 16.3.